The Morgan fingerprint density at radius 3 is 2.50 bits per heavy atom. The van der Waals surface area contributed by atoms with Crippen molar-refractivity contribution in [2.45, 2.75) is 77.2 Å². The first-order valence-electron chi connectivity index (χ1n) is 9.24. The van der Waals surface area contributed by atoms with Crippen LogP contribution in [0.15, 0.2) is 0 Å². The third-order valence-electron chi connectivity index (χ3n) is 8.42. The van der Waals surface area contributed by atoms with Crippen molar-refractivity contribution in [1.82, 2.24) is 0 Å². The number of rotatable bonds is 1. The maximum absolute atomic E-state index is 11.6. The molecule has 124 valence electrons. The van der Waals surface area contributed by atoms with E-state index in [1.807, 2.05) is 6.92 Å². The van der Waals surface area contributed by atoms with E-state index in [1.165, 1.54) is 12.8 Å². The summed E-state index contributed by atoms with van der Waals surface area (Å²) in [6, 6.07) is 0. The first kappa shape index (κ1) is 15.0. The zero-order valence-electron chi connectivity index (χ0n) is 14.0. The van der Waals surface area contributed by atoms with Crippen LogP contribution in [0.25, 0.3) is 0 Å². The van der Waals surface area contributed by atoms with E-state index in [-0.39, 0.29) is 16.7 Å². The van der Waals surface area contributed by atoms with E-state index in [1.54, 1.807) is 0 Å². The van der Waals surface area contributed by atoms with Gasteiger partial charge in [-0.2, -0.15) is 0 Å². The van der Waals surface area contributed by atoms with Crippen LogP contribution in [-0.4, -0.2) is 21.8 Å². The number of aliphatic hydroxyl groups is 1. The van der Waals surface area contributed by atoms with Crippen molar-refractivity contribution >= 4 is 5.97 Å². The number of hydrogen-bond donors (Lipinski definition) is 2. The Labute approximate surface area is 133 Å². The molecule has 22 heavy (non-hydrogen) atoms. The molecule has 0 unspecified atom stereocenters. The molecule has 4 rings (SSSR count). The lowest BCUT2D eigenvalue weighted by atomic mass is 9.43. The number of fused-ring (bicyclic) bond motifs is 3. The fourth-order valence-electron chi connectivity index (χ4n) is 7.70. The van der Waals surface area contributed by atoms with Crippen molar-refractivity contribution in [3.05, 3.63) is 0 Å². The number of carboxylic acid groups (broad SMARTS) is 1. The van der Waals surface area contributed by atoms with Crippen LogP contribution in [0.2, 0.25) is 0 Å². The van der Waals surface area contributed by atoms with E-state index in [2.05, 4.69) is 6.92 Å². The van der Waals surface area contributed by atoms with Crippen LogP contribution >= 0.6 is 0 Å². The van der Waals surface area contributed by atoms with Crippen LogP contribution in [0.3, 0.4) is 0 Å². The van der Waals surface area contributed by atoms with Gasteiger partial charge in [0.15, 0.2) is 0 Å². The fourth-order valence-corrected chi connectivity index (χ4v) is 7.70. The van der Waals surface area contributed by atoms with Gasteiger partial charge in [0.25, 0.3) is 0 Å². The summed E-state index contributed by atoms with van der Waals surface area (Å²) in [5.41, 5.74) is -0.0285. The average Bonchev–Trinajstić information content (AvgIpc) is 2.69. The van der Waals surface area contributed by atoms with Crippen molar-refractivity contribution < 1.29 is 15.0 Å². The molecule has 0 aromatic carbocycles. The van der Waals surface area contributed by atoms with Crippen molar-refractivity contribution in [2.24, 2.45) is 34.5 Å². The molecule has 1 spiro atoms. The maximum Gasteiger partial charge on any atom is 0.306 e. The third kappa shape index (κ3) is 1.81. The topological polar surface area (TPSA) is 57.5 Å². The average molecular weight is 306 g/mol. The summed E-state index contributed by atoms with van der Waals surface area (Å²) in [6.45, 7) is 4.47. The molecule has 0 saturated heterocycles. The van der Waals surface area contributed by atoms with Crippen LogP contribution in [0.1, 0.15) is 71.6 Å². The zero-order chi connectivity index (χ0) is 15.8. The molecule has 4 aliphatic rings. The molecule has 2 bridgehead atoms. The third-order valence-corrected chi connectivity index (χ3v) is 8.42. The van der Waals surface area contributed by atoms with Gasteiger partial charge in [0.05, 0.1) is 11.5 Å². The predicted molar refractivity (Wildman–Crippen MR) is 84.3 cm³/mol. The second-order valence-corrected chi connectivity index (χ2v) is 9.41. The Morgan fingerprint density at radius 2 is 1.77 bits per heavy atom. The molecular formula is C19H30O3. The molecule has 0 aromatic heterocycles. The highest BCUT2D eigenvalue weighted by Crippen LogP contribution is 2.71. The first-order valence-corrected chi connectivity index (χ1v) is 9.24. The van der Waals surface area contributed by atoms with Gasteiger partial charge in [-0.05, 0) is 86.9 Å². The molecule has 0 amide bonds. The van der Waals surface area contributed by atoms with Gasteiger partial charge < -0.3 is 10.2 Å². The van der Waals surface area contributed by atoms with Crippen LogP contribution in [0.4, 0.5) is 0 Å². The van der Waals surface area contributed by atoms with Crippen molar-refractivity contribution in [3.8, 4) is 0 Å². The fraction of sp³-hybridized carbons (Fsp3) is 0.947. The lowest BCUT2D eigenvalue weighted by Gasteiger charge is -2.63. The lowest BCUT2D eigenvalue weighted by Crippen LogP contribution is -2.58. The molecule has 2 N–H and O–H groups in total. The molecule has 4 saturated carbocycles. The minimum atomic E-state index is -0.564. The SMILES string of the molecule is C[C@@]12CCC[C@@](C)(O)[C@H]1CC[C@@]13C[C@H](CC[C@H]12)[C@H](C(=O)O)C3. The monoisotopic (exact) mass is 306 g/mol. The summed E-state index contributed by atoms with van der Waals surface area (Å²) in [5.74, 6) is 0.786. The van der Waals surface area contributed by atoms with E-state index < -0.39 is 11.6 Å². The molecule has 4 aliphatic carbocycles. The predicted octanol–water partition coefficient (Wildman–Crippen LogP) is 3.84. The highest BCUT2D eigenvalue weighted by Gasteiger charge is 2.65. The van der Waals surface area contributed by atoms with Gasteiger partial charge in [-0.25, -0.2) is 0 Å². The summed E-state index contributed by atoms with van der Waals surface area (Å²) in [7, 11) is 0. The molecular weight excluding hydrogens is 276 g/mol. The second-order valence-electron chi connectivity index (χ2n) is 9.41. The largest absolute Gasteiger partial charge is 0.481 e. The minimum Gasteiger partial charge on any atom is -0.481 e. The second kappa shape index (κ2) is 4.49. The highest BCUT2D eigenvalue weighted by atomic mass is 16.4. The molecule has 0 heterocycles. The summed E-state index contributed by atoms with van der Waals surface area (Å²) >= 11 is 0. The molecule has 0 aliphatic heterocycles. The van der Waals surface area contributed by atoms with Gasteiger partial charge in [0.1, 0.15) is 0 Å². The number of aliphatic carboxylic acids is 1. The Balaban J connectivity index is 1.70. The van der Waals surface area contributed by atoms with Crippen LogP contribution < -0.4 is 0 Å². The van der Waals surface area contributed by atoms with E-state index >= 15 is 0 Å². The van der Waals surface area contributed by atoms with Crippen LogP contribution in [-0.2, 0) is 4.79 Å². The summed E-state index contributed by atoms with van der Waals surface area (Å²) in [5, 5.41) is 20.5. The maximum atomic E-state index is 11.6. The minimum absolute atomic E-state index is 0.103. The van der Waals surface area contributed by atoms with E-state index in [9.17, 15) is 15.0 Å². The normalized spacial score (nSPS) is 57.0. The van der Waals surface area contributed by atoms with Gasteiger partial charge >= 0.3 is 5.97 Å². The summed E-state index contributed by atoms with van der Waals surface area (Å²) in [4.78, 5) is 11.6. The van der Waals surface area contributed by atoms with E-state index in [4.69, 9.17) is 0 Å². The Kier molecular flexibility index (Phi) is 3.06. The molecule has 0 aromatic rings. The first-order chi connectivity index (χ1) is 10.3. The summed E-state index contributed by atoms with van der Waals surface area (Å²) in [6.07, 6.45) is 9.86. The van der Waals surface area contributed by atoms with Gasteiger partial charge in [-0.1, -0.05) is 13.3 Å². The van der Waals surface area contributed by atoms with Crippen molar-refractivity contribution in [1.29, 1.82) is 0 Å². The van der Waals surface area contributed by atoms with Gasteiger partial charge in [0.2, 0.25) is 0 Å². The molecule has 0 radical (unpaired) electrons. The molecule has 7 atom stereocenters. The molecule has 3 nitrogen and oxygen atoms in total. The standard InChI is InChI=1S/C19H30O3/c1-17-7-3-8-18(2,22)14(17)6-9-19-10-12(4-5-15(17)19)13(11-19)16(20)21/h12-15,22H,3-11H2,1-2H3,(H,20,21)/t12-,13+,14-,15-,17+,18+,19-/m0/s1. The quantitative estimate of drug-likeness (QED) is 0.773. The van der Waals surface area contributed by atoms with Gasteiger partial charge in [0, 0.05) is 0 Å². The van der Waals surface area contributed by atoms with Crippen molar-refractivity contribution in [3.63, 3.8) is 0 Å². The number of carboxylic acids is 1. The van der Waals surface area contributed by atoms with Crippen LogP contribution in [0.5, 0.6) is 0 Å². The van der Waals surface area contributed by atoms with Gasteiger partial charge in [-0.3, -0.25) is 4.79 Å². The molecule has 4 fully saturated rings. The smallest absolute Gasteiger partial charge is 0.306 e. The van der Waals surface area contributed by atoms with Crippen LogP contribution in [0, 0.1) is 34.5 Å². The lowest BCUT2D eigenvalue weighted by molar-refractivity contribution is -0.180. The number of hydrogen-bond acceptors (Lipinski definition) is 2. The summed E-state index contributed by atoms with van der Waals surface area (Å²) < 4.78 is 0. The highest BCUT2D eigenvalue weighted by molar-refractivity contribution is 5.71. The Hall–Kier alpha value is -0.570. The Morgan fingerprint density at radius 1 is 1.00 bits per heavy atom. The molecule has 3 heteroatoms. The van der Waals surface area contributed by atoms with Crippen molar-refractivity contribution in [2.75, 3.05) is 0 Å². The number of carbonyl (C=O) groups is 1. The van der Waals surface area contributed by atoms with E-state index in [0.29, 0.717) is 17.8 Å². The zero-order valence-corrected chi connectivity index (χ0v) is 14.0. The van der Waals surface area contributed by atoms with Gasteiger partial charge in [-0.15, -0.1) is 0 Å². The van der Waals surface area contributed by atoms with E-state index in [0.717, 1.165) is 44.9 Å². The Bertz CT molecular complexity index is 499.